The van der Waals surface area contributed by atoms with Gasteiger partial charge in [0.25, 0.3) is 5.91 Å². The van der Waals surface area contributed by atoms with E-state index in [0.29, 0.717) is 22.9 Å². The number of hydrogen-bond acceptors (Lipinski definition) is 4. The third-order valence-corrected chi connectivity index (χ3v) is 5.32. The standard InChI is InChI=1S/C22H28ClN3O2/c1-28-21-10-9-18(23)17-20(21)22(27)24-11-5-6-12-25-13-15-26(16-14-25)19-7-3-2-4-8-19/h2-4,7-10,17H,5-6,11-16H2,1H3,(H,24,27). The van der Waals surface area contributed by atoms with Gasteiger partial charge in [0.1, 0.15) is 5.75 Å². The first-order valence-corrected chi connectivity index (χ1v) is 10.2. The molecule has 1 aliphatic heterocycles. The number of unbranched alkanes of at least 4 members (excludes halogenated alkanes) is 1. The van der Waals surface area contributed by atoms with Gasteiger partial charge in [-0.3, -0.25) is 9.69 Å². The molecule has 1 amide bonds. The average molecular weight is 402 g/mol. The van der Waals surface area contributed by atoms with E-state index in [0.717, 1.165) is 45.6 Å². The first kappa shape index (κ1) is 20.5. The number of benzene rings is 2. The van der Waals surface area contributed by atoms with Crippen LogP contribution in [0.25, 0.3) is 0 Å². The first-order valence-electron chi connectivity index (χ1n) is 9.81. The van der Waals surface area contributed by atoms with Crippen molar-refractivity contribution in [2.24, 2.45) is 0 Å². The van der Waals surface area contributed by atoms with Crippen molar-refractivity contribution in [3.8, 4) is 5.75 Å². The Morgan fingerprint density at radius 2 is 1.82 bits per heavy atom. The molecule has 0 bridgehead atoms. The Kier molecular flexibility index (Phi) is 7.57. The van der Waals surface area contributed by atoms with Crippen molar-refractivity contribution >= 4 is 23.2 Å². The fourth-order valence-electron chi connectivity index (χ4n) is 3.48. The van der Waals surface area contributed by atoms with E-state index in [4.69, 9.17) is 16.3 Å². The van der Waals surface area contributed by atoms with Crippen LogP contribution >= 0.6 is 11.6 Å². The molecule has 1 aliphatic rings. The van der Waals surface area contributed by atoms with E-state index in [-0.39, 0.29) is 5.91 Å². The molecular formula is C22H28ClN3O2. The number of anilines is 1. The lowest BCUT2D eigenvalue weighted by atomic mass is 10.2. The van der Waals surface area contributed by atoms with Crippen molar-refractivity contribution in [2.75, 3.05) is 51.3 Å². The van der Waals surface area contributed by atoms with Crippen LogP contribution in [0.15, 0.2) is 48.5 Å². The van der Waals surface area contributed by atoms with Gasteiger partial charge in [-0.15, -0.1) is 0 Å². The van der Waals surface area contributed by atoms with E-state index in [1.165, 1.54) is 5.69 Å². The monoisotopic (exact) mass is 401 g/mol. The molecule has 3 rings (SSSR count). The zero-order valence-corrected chi connectivity index (χ0v) is 17.1. The zero-order valence-electron chi connectivity index (χ0n) is 16.4. The lowest BCUT2D eigenvalue weighted by molar-refractivity contribution is 0.0949. The molecule has 0 saturated carbocycles. The molecule has 1 fully saturated rings. The number of para-hydroxylation sites is 1. The van der Waals surface area contributed by atoms with Gasteiger partial charge >= 0.3 is 0 Å². The summed E-state index contributed by atoms with van der Waals surface area (Å²) in [7, 11) is 1.55. The minimum Gasteiger partial charge on any atom is -0.496 e. The van der Waals surface area contributed by atoms with Gasteiger partial charge in [-0.25, -0.2) is 0 Å². The van der Waals surface area contributed by atoms with Gasteiger partial charge in [0.05, 0.1) is 12.7 Å². The third-order valence-electron chi connectivity index (χ3n) is 5.09. The molecule has 28 heavy (non-hydrogen) atoms. The third kappa shape index (κ3) is 5.63. The maximum atomic E-state index is 12.3. The van der Waals surface area contributed by atoms with E-state index in [2.05, 4.69) is 45.4 Å². The smallest absolute Gasteiger partial charge is 0.255 e. The van der Waals surface area contributed by atoms with Crippen LogP contribution in [0, 0.1) is 0 Å². The summed E-state index contributed by atoms with van der Waals surface area (Å²) < 4.78 is 5.24. The molecule has 5 nitrogen and oxygen atoms in total. The summed E-state index contributed by atoms with van der Waals surface area (Å²) in [5.74, 6) is 0.397. The summed E-state index contributed by atoms with van der Waals surface area (Å²) in [4.78, 5) is 17.3. The molecule has 0 aromatic heterocycles. The van der Waals surface area contributed by atoms with Crippen molar-refractivity contribution < 1.29 is 9.53 Å². The van der Waals surface area contributed by atoms with Crippen molar-refractivity contribution in [3.63, 3.8) is 0 Å². The summed E-state index contributed by atoms with van der Waals surface area (Å²) in [5, 5.41) is 3.49. The van der Waals surface area contributed by atoms with E-state index in [1.54, 1.807) is 25.3 Å². The molecule has 0 aliphatic carbocycles. The maximum absolute atomic E-state index is 12.3. The van der Waals surface area contributed by atoms with E-state index in [9.17, 15) is 4.79 Å². The minimum absolute atomic E-state index is 0.143. The maximum Gasteiger partial charge on any atom is 0.255 e. The Balaban J connectivity index is 1.33. The van der Waals surface area contributed by atoms with Crippen LogP contribution in [0.5, 0.6) is 5.75 Å². The Bertz CT molecular complexity index is 762. The Hall–Kier alpha value is -2.24. The van der Waals surface area contributed by atoms with Crippen LogP contribution in [-0.4, -0.2) is 57.2 Å². The van der Waals surface area contributed by atoms with Gasteiger partial charge in [0, 0.05) is 43.4 Å². The van der Waals surface area contributed by atoms with Crippen LogP contribution < -0.4 is 15.0 Å². The Labute approximate surface area is 172 Å². The lowest BCUT2D eigenvalue weighted by Crippen LogP contribution is -2.46. The minimum atomic E-state index is -0.143. The quantitative estimate of drug-likeness (QED) is 0.685. The number of ether oxygens (including phenoxy) is 1. The molecule has 1 heterocycles. The molecular weight excluding hydrogens is 374 g/mol. The highest BCUT2D eigenvalue weighted by Gasteiger charge is 2.16. The van der Waals surface area contributed by atoms with Gasteiger partial charge in [0.15, 0.2) is 0 Å². The highest BCUT2D eigenvalue weighted by molar-refractivity contribution is 6.31. The molecule has 150 valence electrons. The zero-order chi connectivity index (χ0) is 19.8. The van der Waals surface area contributed by atoms with E-state index < -0.39 is 0 Å². The number of nitrogens with one attached hydrogen (secondary N) is 1. The van der Waals surface area contributed by atoms with Gasteiger partial charge in [-0.2, -0.15) is 0 Å². The summed E-state index contributed by atoms with van der Waals surface area (Å²) in [5.41, 5.74) is 1.79. The number of hydrogen-bond donors (Lipinski definition) is 1. The van der Waals surface area contributed by atoms with E-state index in [1.807, 2.05) is 0 Å². The molecule has 2 aromatic carbocycles. The van der Waals surface area contributed by atoms with Gasteiger partial charge < -0.3 is 15.0 Å². The topological polar surface area (TPSA) is 44.8 Å². The largest absolute Gasteiger partial charge is 0.496 e. The second-order valence-electron chi connectivity index (χ2n) is 6.97. The number of carbonyl (C=O) groups is 1. The number of piperazine rings is 1. The van der Waals surface area contributed by atoms with Gasteiger partial charge in [-0.1, -0.05) is 29.8 Å². The second-order valence-corrected chi connectivity index (χ2v) is 7.41. The number of nitrogens with zero attached hydrogens (tertiary/aromatic N) is 2. The number of methoxy groups -OCH3 is 1. The second kappa shape index (κ2) is 10.3. The molecule has 1 N–H and O–H groups in total. The predicted molar refractivity (Wildman–Crippen MR) is 115 cm³/mol. The normalized spacial score (nSPS) is 14.7. The van der Waals surface area contributed by atoms with Crippen LogP contribution in [-0.2, 0) is 0 Å². The average Bonchev–Trinajstić information content (AvgIpc) is 2.74. The summed E-state index contributed by atoms with van der Waals surface area (Å²) >= 11 is 5.99. The van der Waals surface area contributed by atoms with Crippen LogP contribution in [0.2, 0.25) is 5.02 Å². The molecule has 6 heteroatoms. The van der Waals surface area contributed by atoms with Gasteiger partial charge in [-0.05, 0) is 49.7 Å². The Morgan fingerprint density at radius 3 is 2.54 bits per heavy atom. The lowest BCUT2D eigenvalue weighted by Gasteiger charge is -2.36. The van der Waals surface area contributed by atoms with Crippen LogP contribution in [0.4, 0.5) is 5.69 Å². The molecule has 2 aromatic rings. The van der Waals surface area contributed by atoms with E-state index >= 15 is 0 Å². The number of rotatable bonds is 8. The van der Waals surface area contributed by atoms with Crippen LogP contribution in [0.1, 0.15) is 23.2 Å². The summed E-state index contributed by atoms with van der Waals surface area (Å²) in [6, 6.07) is 15.7. The molecule has 0 radical (unpaired) electrons. The fourth-order valence-corrected chi connectivity index (χ4v) is 3.66. The Morgan fingerprint density at radius 1 is 1.07 bits per heavy atom. The fraction of sp³-hybridized carbons (Fsp3) is 0.409. The number of carbonyl (C=O) groups excluding carboxylic acids is 1. The number of amides is 1. The summed E-state index contributed by atoms with van der Waals surface area (Å²) in [6.07, 6.45) is 2.02. The molecule has 1 saturated heterocycles. The molecule has 0 spiro atoms. The van der Waals surface area contributed by atoms with Crippen molar-refractivity contribution in [3.05, 3.63) is 59.1 Å². The highest BCUT2D eigenvalue weighted by atomic mass is 35.5. The summed E-state index contributed by atoms with van der Waals surface area (Å²) in [6.45, 7) is 6.02. The first-order chi connectivity index (χ1) is 13.7. The van der Waals surface area contributed by atoms with Crippen molar-refractivity contribution in [2.45, 2.75) is 12.8 Å². The van der Waals surface area contributed by atoms with Crippen molar-refractivity contribution in [1.82, 2.24) is 10.2 Å². The molecule has 0 atom stereocenters. The van der Waals surface area contributed by atoms with Crippen LogP contribution in [0.3, 0.4) is 0 Å². The predicted octanol–water partition coefficient (Wildman–Crippen LogP) is 3.68. The van der Waals surface area contributed by atoms with Gasteiger partial charge in [0.2, 0.25) is 0 Å². The highest BCUT2D eigenvalue weighted by Crippen LogP contribution is 2.22. The SMILES string of the molecule is COc1ccc(Cl)cc1C(=O)NCCCCN1CCN(c2ccccc2)CC1. The van der Waals surface area contributed by atoms with Crippen molar-refractivity contribution in [1.29, 1.82) is 0 Å². The molecule has 0 unspecified atom stereocenters. The number of halogens is 1.